The lowest BCUT2D eigenvalue weighted by molar-refractivity contribution is -0.149. The summed E-state index contributed by atoms with van der Waals surface area (Å²) < 4.78 is 33.5. The van der Waals surface area contributed by atoms with Crippen molar-refractivity contribution >= 4 is 16.2 Å². The molecule has 0 spiro atoms. The molecule has 21 heavy (non-hydrogen) atoms. The molecule has 2 aliphatic heterocycles. The number of nitrogens with zero attached hydrogens (tertiary/aromatic N) is 2. The summed E-state index contributed by atoms with van der Waals surface area (Å²) in [5.41, 5.74) is 0. The van der Waals surface area contributed by atoms with Gasteiger partial charge in [0.1, 0.15) is 0 Å². The Kier molecular flexibility index (Phi) is 6.01. The number of carbonyl (C=O) groups is 1. The standard InChI is InChI=1S/C14H26N2O4S/c1-2-20-14(17)13-8-7-11-16(12-13)21(18,19)15-9-5-3-4-6-10-15/h13H,2-12H2,1H3/t13-/m0/s1. The molecule has 2 aliphatic rings. The van der Waals surface area contributed by atoms with Gasteiger partial charge in [0.25, 0.3) is 10.2 Å². The molecule has 0 bridgehead atoms. The van der Waals surface area contributed by atoms with Gasteiger partial charge in [-0.3, -0.25) is 4.79 Å². The zero-order chi connectivity index (χ0) is 15.3. The van der Waals surface area contributed by atoms with E-state index in [9.17, 15) is 13.2 Å². The van der Waals surface area contributed by atoms with E-state index in [2.05, 4.69) is 0 Å². The monoisotopic (exact) mass is 318 g/mol. The van der Waals surface area contributed by atoms with Crippen LogP contribution in [-0.2, 0) is 19.7 Å². The Balaban J connectivity index is 2.03. The van der Waals surface area contributed by atoms with Crippen molar-refractivity contribution in [2.24, 2.45) is 5.92 Å². The molecular weight excluding hydrogens is 292 g/mol. The number of hydrogen-bond donors (Lipinski definition) is 0. The molecule has 0 aromatic rings. The first-order valence-corrected chi connectivity index (χ1v) is 9.37. The molecule has 0 aromatic carbocycles. The molecule has 0 unspecified atom stereocenters. The van der Waals surface area contributed by atoms with Crippen LogP contribution in [-0.4, -0.2) is 55.8 Å². The number of hydrogen-bond acceptors (Lipinski definition) is 4. The molecule has 2 rings (SSSR count). The molecule has 122 valence electrons. The van der Waals surface area contributed by atoms with E-state index >= 15 is 0 Å². The number of rotatable bonds is 4. The molecule has 0 saturated carbocycles. The maximum atomic E-state index is 12.7. The molecule has 2 saturated heterocycles. The van der Waals surface area contributed by atoms with Crippen LogP contribution in [0, 0.1) is 5.92 Å². The third kappa shape index (κ3) is 4.17. The van der Waals surface area contributed by atoms with Gasteiger partial charge in [-0.15, -0.1) is 0 Å². The second-order valence-electron chi connectivity index (χ2n) is 5.77. The average molecular weight is 318 g/mol. The van der Waals surface area contributed by atoms with Crippen LogP contribution in [0.25, 0.3) is 0 Å². The average Bonchev–Trinajstić information content (AvgIpc) is 2.77. The Morgan fingerprint density at radius 2 is 1.67 bits per heavy atom. The van der Waals surface area contributed by atoms with Gasteiger partial charge in [0.2, 0.25) is 0 Å². The molecule has 0 amide bonds. The predicted molar refractivity (Wildman–Crippen MR) is 79.9 cm³/mol. The van der Waals surface area contributed by atoms with E-state index in [1.807, 2.05) is 0 Å². The van der Waals surface area contributed by atoms with Crippen LogP contribution in [0.4, 0.5) is 0 Å². The van der Waals surface area contributed by atoms with Crippen molar-refractivity contribution in [3.63, 3.8) is 0 Å². The smallest absolute Gasteiger partial charge is 0.310 e. The van der Waals surface area contributed by atoms with E-state index in [0.29, 0.717) is 32.7 Å². The van der Waals surface area contributed by atoms with Crippen molar-refractivity contribution in [2.75, 3.05) is 32.8 Å². The van der Waals surface area contributed by atoms with Crippen LogP contribution in [0.2, 0.25) is 0 Å². The van der Waals surface area contributed by atoms with Gasteiger partial charge in [0.15, 0.2) is 0 Å². The summed E-state index contributed by atoms with van der Waals surface area (Å²) in [6.07, 6.45) is 5.47. The maximum absolute atomic E-state index is 12.7. The molecule has 2 fully saturated rings. The highest BCUT2D eigenvalue weighted by Crippen LogP contribution is 2.24. The molecule has 0 N–H and O–H groups in total. The first-order chi connectivity index (χ1) is 10.1. The minimum atomic E-state index is -3.43. The second kappa shape index (κ2) is 7.56. The largest absolute Gasteiger partial charge is 0.466 e. The minimum absolute atomic E-state index is 0.262. The van der Waals surface area contributed by atoms with Gasteiger partial charge in [-0.1, -0.05) is 12.8 Å². The molecule has 2 heterocycles. The number of piperidine rings is 1. The van der Waals surface area contributed by atoms with E-state index in [1.165, 1.54) is 4.31 Å². The van der Waals surface area contributed by atoms with Crippen LogP contribution in [0.15, 0.2) is 0 Å². The Bertz CT molecular complexity index is 444. The van der Waals surface area contributed by atoms with E-state index in [4.69, 9.17) is 4.74 Å². The predicted octanol–water partition coefficient (Wildman–Crippen LogP) is 1.38. The molecule has 0 aromatic heterocycles. The summed E-state index contributed by atoms with van der Waals surface area (Å²) in [5.74, 6) is -0.589. The topological polar surface area (TPSA) is 66.9 Å². The summed E-state index contributed by atoms with van der Waals surface area (Å²) in [6, 6.07) is 0. The number of carbonyl (C=O) groups excluding carboxylic acids is 1. The summed E-state index contributed by atoms with van der Waals surface area (Å²) in [7, 11) is -3.43. The fourth-order valence-corrected chi connectivity index (χ4v) is 4.81. The van der Waals surface area contributed by atoms with Crippen molar-refractivity contribution < 1.29 is 17.9 Å². The van der Waals surface area contributed by atoms with E-state index < -0.39 is 10.2 Å². The lowest BCUT2D eigenvalue weighted by Crippen LogP contribution is -2.49. The van der Waals surface area contributed by atoms with E-state index in [-0.39, 0.29) is 18.4 Å². The zero-order valence-electron chi connectivity index (χ0n) is 12.8. The Labute approximate surface area is 127 Å². The van der Waals surface area contributed by atoms with E-state index in [0.717, 1.165) is 32.1 Å². The van der Waals surface area contributed by atoms with Gasteiger partial charge < -0.3 is 4.74 Å². The third-order valence-electron chi connectivity index (χ3n) is 4.22. The van der Waals surface area contributed by atoms with Crippen molar-refractivity contribution in [2.45, 2.75) is 45.4 Å². The molecule has 6 nitrogen and oxygen atoms in total. The highest BCUT2D eigenvalue weighted by molar-refractivity contribution is 7.86. The second-order valence-corrected chi connectivity index (χ2v) is 7.70. The number of ether oxygens (including phenoxy) is 1. The summed E-state index contributed by atoms with van der Waals surface area (Å²) in [5, 5.41) is 0. The Hall–Kier alpha value is -0.660. The zero-order valence-corrected chi connectivity index (χ0v) is 13.6. The first-order valence-electron chi connectivity index (χ1n) is 7.97. The van der Waals surface area contributed by atoms with Crippen LogP contribution in [0.5, 0.6) is 0 Å². The van der Waals surface area contributed by atoms with Gasteiger partial charge >= 0.3 is 5.97 Å². The van der Waals surface area contributed by atoms with Crippen molar-refractivity contribution in [3.8, 4) is 0 Å². The Morgan fingerprint density at radius 1 is 1.05 bits per heavy atom. The normalized spacial score (nSPS) is 26.2. The fourth-order valence-electron chi connectivity index (χ4n) is 3.04. The van der Waals surface area contributed by atoms with Gasteiger partial charge in [-0.2, -0.15) is 17.0 Å². The van der Waals surface area contributed by atoms with Gasteiger partial charge in [0.05, 0.1) is 12.5 Å². The van der Waals surface area contributed by atoms with Crippen LogP contribution < -0.4 is 0 Å². The number of esters is 1. The molecule has 0 radical (unpaired) electrons. The van der Waals surface area contributed by atoms with E-state index in [1.54, 1.807) is 11.2 Å². The molecule has 0 aliphatic carbocycles. The van der Waals surface area contributed by atoms with Crippen molar-refractivity contribution in [1.82, 2.24) is 8.61 Å². The lowest BCUT2D eigenvalue weighted by atomic mass is 10.0. The van der Waals surface area contributed by atoms with Gasteiger partial charge in [0, 0.05) is 26.2 Å². The third-order valence-corrected chi connectivity index (χ3v) is 6.22. The summed E-state index contributed by atoms with van der Waals surface area (Å²) >= 11 is 0. The summed E-state index contributed by atoms with van der Waals surface area (Å²) in [6.45, 7) is 4.08. The molecule has 1 atom stereocenters. The van der Waals surface area contributed by atoms with Gasteiger partial charge in [-0.05, 0) is 32.6 Å². The quantitative estimate of drug-likeness (QED) is 0.735. The highest BCUT2D eigenvalue weighted by Gasteiger charge is 2.36. The maximum Gasteiger partial charge on any atom is 0.310 e. The minimum Gasteiger partial charge on any atom is -0.466 e. The molecule has 7 heteroatoms. The Morgan fingerprint density at radius 3 is 2.29 bits per heavy atom. The first kappa shape index (κ1) is 16.7. The lowest BCUT2D eigenvalue weighted by Gasteiger charge is -2.34. The summed E-state index contributed by atoms with van der Waals surface area (Å²) in [4.78, 5) is 11.8. The SMILES string of the molecule is CCOC(=O)[C@H]1CCCN(S(=O)(=O)N2CCCCCC2)C1. The van der Waals surface area contributed by atoms with Crippen molar-refractivity contribution in [3.05, 3.63) is 0 Å². The van der Waals surface area contributed by atoms with Gasteiger partial charge in [-0.25, -0.2) is 0 Å². The van der Waals surface area contributed by atoms with Crippen LogP contribution in [0.1, 0.15) is 45.4 Å². The van der Waals surface area contributed by atoms with Crippen molar-refractivity contribution in [1.29, 1.82) is 0 Å². The fraction of sp³-hybridized carbons (Fsp3) is 0.929. The van der Waals surface area contributed by atoms with Crippen LogP contribution in [0.3, 0.4) is 0 Å². The molecular formula is C14H26N2O4S. The van der Waals surface area contributed by atoms with Crippen LogP contribution >= 0.6 is 0 Å². The highest BCUT2D eigenvalue weighted by atomic mass is 32.2.